The Kier molecular flexibility index (Phi) is 21.1. The predicted molar refractivity (Wildman–Crippen MR) is 291 cm³/mol. The van der Waals surface area contributed by atoms with Crippen LogP contribution in [0.5, 0.6) is 0 Å². The molecule has 0 aromatic rings. The second-order valence-electron chi connectivity index (χ2n) is 28.0. The summed E-state index contributed by atoms with van der Waals surface area (Å²) >= 11 is 0. The van der Waals surface area contributed by atoms with Crippen molar-refractivity contribution in [2.24, 2.45) is 45.3 Å². The van der Waals surface area contributed by atoms with Gasteiger partial charge in [-0.25, -0.2) is 0 Å². The van der Waals surface area contributed by atoms with Gasteiger partial charge >= 0.3 is 0 Å². The van der Waals surface area contributed by atoms with Crippen LogP contribution in [-0.2, 0) is 47.4 Å². The van der Waals surface area contributed by atoms with Gasteiger partial charge < -0.3 is 129 Å². The standard InChI is InChI=1S/C59H100O26/c1-25(2)10-9-16-59(8,85-53-48(75)43(70)40(67)32(82-53)24-78-51-46(73)42(69)39(66)31(81-51)23-77-50-45(72)36(63)28(62)22-76-50)27-13-18-57(6)26(27)11-12-34-56(5)17-15-35(55(3,4)33(56)14-19-58(34,57)7)83-54-49(44(71)38(65)30(21-61)80-54)84-52-47(74)41(68)37(64)29(20-60)79-52/h10,26-54,60-75H,9,11-24H2,1-8H3/t26-,27+,28-,29-,30-,31-,32-,33+,34-,35+,36+,37-,38-,39-,40-,41+,42+,43+,44+,45-,46-,47-,48-,49-,50+,51-,52+,53+,54+,56+,57-,58-,59+/m1/s1. The Morgan fingerprint density at radius 2 is 1.02 bits per heavy atom. The Bertz CT molecular complexity index is 2230. The molecule has 4 saturated carbocycles. The van der Waals surface area contributed by atoms with Gasteiger partial charge in [0.05, 0.1) is 44.7 Å². The van der Waals surface area contributed by atoms with E-state index >= 15 is 0 Å². The predicted octanol–water partition coefficient (Wildman–Crippen LogP) is -2.71. The molecule has 9 aliphatic rings. The molecule has 0 bridgehead atoms. The second-order valence-corrected chi connectivity index (χ2v) is 28.0. The minimum atomic E-state index is -1.82. The monoisotopic (exact) mass is 1220 g/mol. The van der Waals surface area contributed by atoms with E-state index in [4.69, 9.17) is 47.4 Å². The van der Waals surface area contributed by atoms with Gasteiger partial charge in [0.1, 0.15) is 116 Å². The number of hydrogen-bond donors (Lipinski definition) is 16. The summed E-state index contributed by atoms with van der Waals surface area (Å²) in [5.41, 5.74) is -0.834. The SMILES string of the molecule is CC(C)=CCC[C@](C)(O[C@@H]1O[C@H](CO[C@@H]2O[C@H](CO[C@@H]3OC[C@@H](O)[C@H](O)[C@H]3O)[C@@H](O)[C@H](O)[C@H]2O)[C@@H](O)[C@H](O)[C@H]1O)[C@H]1CC[C@]2(C)[C@@H]1CC[C@@H]1[C@@]3(C)CC[C@H](O[C@@H]4O[C@H](CO)[C@@H](O)[C@H](O)[C@H]4O[C@@H]4O[C@H](CO)[C@@H](O)[C@H](O)[C@H]4O)C(C)(C)[C@@H]3CC[C@]12C. The van der Waals surface area contributed by atoms with E-state index in [1.165, 1.54) is 0 Å². The normalized spacial score (nSPS) is 52.5. The Labute approximate surface area is 496 Å². The van der Waals surface area contributed by atoms with Gasteiger partial charge in [0.15, 0.2) is 31.5 Å². The van der Waals surface area contributed by atoms with E-state index in [1.54, 1.807) is 0 Å². The number of rotatable bonds is 18. The summed E-state index contributed by atoms with van der Waals surface area (Å²) in [5, 5.41) is 172. The smallest absolute Gasteiger partial charge is 0.187 e. The first-order valence-electron chi connectivity index (χ1n) is 30.7. The average Bonchev–Trinajstić information content (AvgIpc) is 1.84. The van der Waals surface area contributed by atoms with E-state index in [1.807, 2.05) is 20.8 Å². The maximum absolute atomic E-state index is 11.7. The fourth-order valence-electron chi connectivity index (χ4n) is 17.4. The molecule has 0 amide bonds. The van der Waals surface area contributed by atoms with Crippen LogP contribution in [0, 0.1) is 45.3 Å². The highest BCUT2D eigenvalue weighted by Crippen LogP contribution is 2.76. The Morgan fingerprint density at radius 3 is 1.64 bits per heavy atom. The number of fused-ring (bicyclic) bond motifs is 5. The van der Waals surface area contributed by atoms with E-state index in [-0.39, 0.29) is 46.5 Å². The Hall–Kier alpha value is -1.30. The van der Waals surface area contributed by atoms with E-state index < -0.39 is 191 Å². The lowest BCUT2D eigenvalue weighted by atomic mass is 9.35. The molecule has 0 aromatic carbocycles. The summed E-state index contributed by atoms with van der Waals surface area (Å²) in [5.74, 6) is 0.533. The molecule has 4 aliphatic carbocycles. The molecule has 9 fully saturated rings. The third-order valence-electron chi connectivity index (χ3n) is 22.6. The number of ether oxygens (including phenoxy) is 10. The van der Waals surface area contributed by atoms with Crippen molar-refractivity contribution in [1.29, 1.82) is 0 Å². The van der Waals surface area contributed by atoms with E-state index in [0.717, 1.165) is 50.5 Å². The molecule has 5 saturated heterocycles. The highest BCUT2D eigenvalue weighted by atomic mass is 16.8. The molecule has 0 unspecified atom stereocenters. The third kappa shape index (κ3) is 12.5. The van der Waals surface area contributed by atoms with E-state index in [9.17, 15) is 81.7 Å². The Morgan fingerprint density at radius 1 is 0.506 bits per heavy atom. The van der Waals surface area contributed by atoms with Crippen LogP contribution in [0.25, 0.3) is 0 Å². The first kappa shape index (κ1) is 68.1. The summed E-state index contributed by atoms with van der Waals surface area (Å²) in [6.07, 6.45) is -28.7. The summed E-state index contributed by atoms with van der Waals surface area (Å²) in [4.78, 5) is 0. The van der Waals surface area contributed by atoms with Gasteiger partial charge in [-0.1, -0.05) is 46.3 Å². The minimum Gasteiger partial charge on any atom is -0.394 e. The van der Waals surface area contributed by atoms with Crippen LogP contribution in [0.1, 0.15) is 120 Å². The number of hydrogen-bond acceptors (Lipinski definition) is 26. The second kappa shape index (κ2) is 26.4. The molecule has 0 aromatic heterocycles. The maximum Gasteiger partial charge on any atom is 0.187 e. The number of aliphatic hydroxyl groups is 16. The number of aliphatic hydroxyl groups excluding tert-OH is 16. The molecule has 0 spiro atoms. The zero-order valence-electron chi connectivity index (χ0n) is 50.2. The van der Waals surface area contributed by atoms with Crippen molar-refractivity contribution >= 4 is 0 Å². The lowest BCUT2D eigenvalue weighted by Gasteiger charge is -2.70. The molecule has 5 heterocycles. The fourth-order valence-corrected chi connectivity index (χ4v) is 17.4. The molecule has 0 radical (unpaired) electrons. The van der Waals surface area contributed by atoms with Crippen LogP contribution in [0.4, 0.5) is 0 Å². The topological polar surface area (TPSA) is 416 Å². The quantitative estimate of drug-likeness (QED) is 0.0490. The molecule has 16 N–H and O–H groups in total. The first-order chi connectivity index (χ1) is 39.9. The first-order valence-corrected chi connectivity index (χ1v) is 30.7. The van der Waals surface area contributed by atoms with E-state index in [2.05, 4.69) is 40.7 Å². The van der Waals surface area contributed by atoms with Crippen molar-refractivity contribution in [3.63, 3.8) is 0 Å². The largest absolute Gasteiger partial charge is 0.394 e. The highest BCUT2D eigenvalue weighted by molar-refractivity contribution is 5.19. The lowest BCUT2D eigenvalue weighted by molar-refractivity contribution is -0.378. The maximum atomic E-state index is 11.7. The zero-order chi connectivity index (χ0) is 62.2. The van der Waals surface area contributed by atoms with Crippen molar-refractivity contribution < 1.29 is 129 Å². The molecule has 85 heavy (non-hydrogen) atoms. The van der Waals surface area contributed by atoms with Gasteiger partial charge in [-0.3, -0.25) is 0 Å². The van der Waals surface area contributed by atoms with Crippen molar-refractivity contribution in [2.45, 2.75) is 279 Å². The van der Waals surface area contributed by atoms with Crippen LogP contribution in [-0.4, -0.2) is 274 Å². The van der Waals surface area contributed by atoms with Gasteiger partial charge in [0, 0.05) is 0 Å². The lowest BCUT2D eigenvalue weighted by Crippen LogP contribution is -2.67. The van der Waals surface area contributed by atoms with Gasteiger partial charge in [-0.2, -0.15) is 0 Å². The van der Waals surface area contributed by atoms with Gasteiger partial charge in [0.2, 0.25) is 0 Å². The molecule has 33 atom stereocenters. The number of allylic oxidation sites excluding steroid dienone is 2. The van der Waals surface area contributed by atoms with Crippen LogP contribution in [0.2, 0.25) is 0 Å². The van der Waals surface area contributed by atoms with Crippen molar-refractivity contribution in [2.75, 3.05) is 33.0 Å². The van der Waals surface area contributed by atoms with Crippen LogP contribution in [0.3, 0.4) is 0 Å². The fraction of sp³-hybridized carbons (Fsp3) is 0.966. The van der Waals surface area contributed by atoms with Gasteiger partial charge in [-0.15, -0.1) is 0 Å². The van der Waals surface area contributed by atoms with Crippen molar-refractivity contribution in [3.05, 3.63) is 11.6 Å². The molecule has 492 valence electrons. The van der Waals surface area contributed by atoms with E-state index in [0.29, 0.717) is 19.3 Å². The summed E-state index contributed by atoms with van der Waals surface area (Å²) < 4.78 is 60.5. The van der Waals surface area contributed by atoms with Gasteiger partial charge in [0.25, 0.3) is 0 Å². The summed E-state index contributed by atoms with van der Waals surface area (Å²) in [6, 6.07) is 0. The summed E-state index contributed by atoms with van der Waals surface area (Å²) in [7, 11) is 0. The molecule has 5 aliphatic heterocycles. The van der Waals surface area contributed by atoms with Crippen LogP contribution in [0.15, 0.2) is 11.6 Å². The van der Waals surface area contributed by atoms with Crippen LogP contribution >= 0.6 is 0 Å². The summed E-state index contributed by atoms with van der Waals surface area (Å²) in [6.45, 7) is 14.9. The molecular weight excluding hydrogens is 1120 g/mol. The van der Waals surface area contributed by atoms with Gasteiger partial charge in [-0.05, 0) is 130 Å². The van der Waals surface area contributed by atoms with Crippen molar-refractivity contribution in [3.8, 4) is 0 Å². The van der Waals surface area contributed by atoms with Crippen molar-refractivity contribution in [1.82, 2.24) is 0 Å². The van der Waals surface area contributed by atoms with Crippen LogP contribution < -0.4 is 0 Å². The molecule has 26 nitrogen and oxygen atoms in total. The molecular formula is C59H100O26. The average molecular weight is 1230 g/mol. The molecule has 26 heteroatoms. The zero-order valence-corrected chi connectivity index (χ0v) is 50.2. The highest BCUT2D eigenvalue weighted by Gasteiger charge is 2.70. The Balaban J connectivity index is 0.888. The molecule has 9 rings (SSSR count). The third-order valence-corrected chi connectivity index (χ3v) is 22.6. The minimum absolute atomic E-state index is 0.0435.